The van der Waals surface area contributed by atoms with E-state index in [0.717, 1.165) is 52.3 Å². The first-order valence-corrected chi connectivity index (χ1v) is 16.7. The molecule has 1 aliphatic heterocycles. The maximum absolute atomic E-state index is 12.7. The number of rotatable bonds is 13. The van der Waals surface area contributed by atoms with Gasteiger partial charge in [-0.05, 0) is 82.9 Å². The molecule has 2 aromatic carbocycles. The summed E-state index contributed by atoms with van der Waals surface area (Å²) >= 11 is 0. The molecule has 1 unspecified atom stereocenters. The fourth-order valence-corrected chi connectivity index (χ4v) is 5.70. The molecule has 5 N–H and O–H groups in total. The van der Waals surface area contributed by atoms with Gasteiger partial charge in [0.1, 0.15) is 23.6 Å². The third kappa shape index (κ3) is 10.3. The molecule has 4 rings (SSSR count). The van der Waals surface area contributed by atoms with Crippen LogP contribution in [-0.4, -0.2) is 88.4 Å². The van der Waals surface area contributed by atoms with E-state index in [2.05, 4.69) is 68.7 Å². The standard InChI is InChI=1S/C37H50N8O4/c1-24(38)34(46)45-21-9-11-33(45)43-30(22-39-6)28-16-12-26(13-17-28)27-14-18-29(19-15-27)31-23-40-32(42-31)10-8-20-44(7)35(47)25(2)41-36(48)49-37(3,4)5/h12-19,22-25,33,43H,6,8-11,20-21,38H2,1-5,7H3,(H,40,42)(H,41,48)/b30-22-/t24-,25-,33?/m0/s1. The number of nitrogens with zero attached hydrogens (tertiary/aromatic N) is 4. The van der Waals surface area contributed by atoms with Gasteiger partial charge in [0.25, 0.3) is 0 Å². The van der Waals surface area contributed by atoms with E-state index in [1.54, 1.807) is 57.7 Å². The van der Waals surface area contributed by atoms with Crippen molar-refractivity contribution in [3.8, 4) is 22.4 Å². The average Bonchev–Trinajstić information content (AvgIpc) is 3.73. The monoisotopic (exact) mass is 670 g/mol. The predicted molar refractivity (Wildman–Crippen MR) is 193 cm³/mol. The van der Waals surface area contributed by atoms with Crippen LogP contribution in [0, 0.1) is 0 Å². The Labute approximate surface area is 289 Å². The summed E-state index contributed by atoms with van der Waals surface area (Å²) in [5.41, 5.74) is 11.0. The quantitative estimate of drug-likeness (QED) is 0.188. The summed E-state index contributed by atoms with van der Waals surface area (Å²) in [7, 11) is 1.72. The van der Waals surface area contributed by atoms with Gasteiger partial charge < -0.3 is 35.9 Å². The highest BCUT2D eigenvalue weighted by atomic mass is 16.6. The average molecular weight is 671 g/mol. The van der Waals surface area contributed by atoms with Crippen molar-refractivity contribution in [3.05, 3.63) is 72.3 Å². The lowest BCUT2D eigenvalue weighted by atomic mass is 10.0. The third-order valence-corrected chi connectivity index (χ3v) is 8.21. The molecule has 1 fully saturated rings. The van der Waals surface area contributed by atoms with Crippen molar-refractivity contribution in [2.45, 2.75) is 84.2 Å². The number of carbonyl (C=O) groups excluding carboxylic acids is 3. The number of carbonyl (C=O) groups is 3. The van der Waals surface area contributed by atoms with E-state index in [1.807, 2.05) is 18.3 Å². The second kappa shape index (κ2) is 16.4. The van der Waals surface area contributed by atoms with Crippen molar-refractivity contribution < 1.29 is 19.1 Å². The molecular weight excluding hydrogens is 620 g/mol. The Balaban J connectivity index is 1.30. The highest BCUT2D eigenvalue weighted by Gasteiger charge is 2.30. The largest absolute Gasteiger partial charge is 0.444 e. The summed E-state index contributed by atoms with van der Waals surface area (Å²) < 4.78 is 5.24. The van der Waals surface area contributed by atoms with Crippen LogP contribution in [0.5, 0.6) is 0 Å². The molecule has 3 aromatic rings. The fraction of sp³-hybridized carbons (Fsp3) is 0.432. The maximum atomic E-state index is 12.7. The summed E-state index contributed by atoms with van der Waals surface area (Å²) in [5.74, 6) is 0.586. The molecule has 262 valence electrons. The summed E-state index contributed by atoms with van der Waals surface area (Å²) in [4.78, 5) is 52.6. The zero-order valence-electron chi connectivity index (χ0n) is 29.5. The van der Waals surface area contributed by atoms with Crippen LogP contribution in [0.1, 0.15) is 65.3 Å². The second-order valence-corrected chi connectivity index (χ2v) is 13.5. The lowest BCUT2D eigenvalue weighted by Gasteiger charge is -2.28. The summed E-state index contributed by atoms with van der Waals surface area (Å²) in [6, 6.07) is 15.2. The van der Waals surface area contributed by atoms with Crippen LogP contribution in [0.4, 0.5) is 4.79 Å². The molecule has 12 heteroatoms. The zero-order chi connectivity index (χ0) is 35.7. The number of likely N-dealkylation sites (N-methyl/N-ethyl adjacent to an activating group) is 1. The number of hydrogen-bond acceptors (Lipinski definition) is 8. The maximum Gasteiger partial charge on any atom is 0.408 e. The Hall–Kier alpha value is -4.97. The van der Waals surface area contributed by atoms with Gasteiger partial charge >= 0.3 is 6.09 Å². The van der Waals surface area contributed by atoms with Crippen LogP contribution >= 0.6 is 0 Å². The number of imidazole rings is 1. The van der Waals surface area contributed by atoms with Gasteiger partial charge in [-0.3, -0.25) is 14.6 Å². The van der Waals surface area contributed by atoms with Gasteiger partial charge in [-0.1, -0.05) is 48.5 Å². The van der Waals surface area contributed by atoms with Crippen LogP contribution < -0.4 is 16.4 Å². The molecular formula is C37H50N8O4. The molecule has 0 saturated carbocycles. The smallest absolute Gasteiger partial charge is 0.408 e. The number of nitrogens with one attached hydrogen (secondary N) is 3. The van der Waals surface area contributed by atoms with Crippen molar-refractivity contribution in [1.29, 1.82) is 0 Å². The summed E-state index contributed by atoms with van der Waals surface area (Å²) in [6.45, 7) is 13.5. The molecule has 3 atom stereocenters. The van der Waals surface area contributed by atoms with Gasteiger partial charge in [0.05, 0.1) is 23.6 Å². The van der Waals surface area contributed by atoms with E-state index in [-0.39, 0.29) is 18.0 Å². The van der Waals surface area contributed by atoms with Gasteiger partial charge in [-0.15, -0.1) is 0 Å². The van der Waals surface area contributed by atoms with Gasteiger partial charge in [0.2, 0.25) is 11.8 Å². The molecule has 0 radical (unpaired) electrons. The minimum absolute atomic E-state index is 0.0653. The van der Waals surface area contributed by atoms with Crippen LogP contribution in [0.3, 0.4) is 0 Å². The number of hydrogen-bond donors (Lipinski definition) is 4. The Kier molecular flexibility index (Phi) is 12.4. The number of benzene rings is 2. The van der Waals surface area contributed by atoms with E-state index in [0.29, 0.717) is 25.9 Å². The highest BCUT2D eigenvalue weighted by molar-refractivity contribution is 5.85. The molecule has 1 aliphatic rings. The minimum atomic E-state index is -0.691. The topological polar surface area (TPSA) is 158 Å². The number of ether oxygens (including phenoxy) is 1. The van der Waals surface area contributed by atoms with E-state index in [9.17, 15) is 14.4 Å². The van der Waals surface area contributed by atoms with Crippen LogP contribution in [-0.2, 0) is 20.7 Å². The van der Waals surface area contributed by atoms with Crippen molar-refractivity contribution >= 4 is 30.3 Å². The van der Waals surface area contributed by atoms with Gasteiger partial charge in [-0.25, -0.2) is 9.78 Å². The first kappa shape index (κ1) is 36.9. The number of likely N-dealkylation sites (tertiary alicyclic amines) is 1. The lowest BCUT2D eigenvalue weighted by molar-refractivity contribution is -0.133. The van der Waals surface area contributed by atoms with E-state index >= 15 is 0 Å². The van der Waals surface area contributed by atoms with Crippen molar-refractivity contribution in [2.75, 3.05) is 20.1 Å². The van der Waals surface area contributed by atoms with Gasteiger partial charge in [-0.2, -0.15) is 0 Å². The summed E-state index contributed by atoms with van der Waals surface area (Å²) in [5, 5.41) is 6.07. The Morgan fingerprint density at radius 1 is 1.12 bits per heavy atom. The zero-order valence-corrected chi connectivity index (χ0v) is 29.5. The Bertz CT molecular complexity index is 1620. The SMILES string of the molecule is C=N/C=C(\NC1CCCN1C(=O)[C@H](C)N)c1ccc(-c2ccc(-c3cnc(CCCN(C)C(=O)[C@H](C)NC(=O)OC(C)(C)C)[nH]3)cc2)cc1. The first-order chi connectivity index (χ1) is 23.3. The van der Waals surface area contributed by atoms with Crippen LogP contribution in [0.25, 0.3) is 28.1 Å². The summed E-state index contributed by atoms with van der Waals surface area (Å²) in [6.07, 6.45) is 5.88. The predicted octanol–water partition coefficient (Wildman–Crippen LogP) is 4.93. The Morgan fingerprint density at radius 2 is 1.76 bits per heavy atom. The number of aromatic amines is 1. The number of amides is 3. The fourth-order valence-electron chi connectivity index (χ4n) is 5.70. The molecule has 3 amide bonds. The highest BCUT2D eigenvalue weighted by Crippen LogP contribution is 2.27. The van der Waals surface area contributed by atoms with E-state index in [4.69, 9.17) is 10.5 Å². The molecule has 12 nitrogen and oxygen atoms in total. The van der Waals surface area contributed by atoms with Gasteiger partial charge in [0, 0.05) is 32.8 Å². The van der Waals surface area contributed by atoms with Crippen molar-refractivity contribution in [3.63, 3.8) is 0 Å². The first-order valence-electron chi connectivity index (χ1n) is 16.7. The number of H-pyrrole nitrogens is 1. The number of aliphatic imine (C=N–C) groups is 1. The molecule has 0 bridgehead atoms. The van der Waals surface area contributed by atoms with Crippen LogP contribution in [0.15, 0.2) is 65.9 Å². The number of nitrogens with two attached hydrogens (primary N) is 1. The number of aryl methyl sites for hydroxylation is 1. The van der Waals surface area contributed by atoms with Gasteiger partial charge in [0.15, 0.2) is 0 Å². The minimum Gasteiger partial charge on any atom is -0.444 e. The normalized spacial score (nSPS) is 16.1. The molecule has 49 heavy (non-hydrogen) atoms. The number of aromatic nitrogens is 2. The molecule has 0 aliphatic carbocycles. The van der Waals surface area contributed by atoms with Crippen LogP contribution in [0.2, 0.25) is 0 Å². The molecule has 2 heterocycles. The lowest BCUT2D eigenvalue weighted by Crippen LogP contribution is -2.49. The van der Waals surface area contributed by atoms with Crippen molar-refractivity contribution in [1.82, 2.24) is 30.4 Å². The number of alkyl carbamates (subject to hydrolysis) is 1. The second-order valence-electron chi connectivity index (χ2n) is 13.5. The molecule has 1 aromatic heterocycles. The molecule has 0 spiro atoms. The van der Waals surface area contributed by atoms with E-state index in [1.165, 1.54) is 0 Å². The Morgan fingerprint density at radius 3 is 2.37 bits per heavy atom. The third-order valence-electron chi connectivity index (χ3n) is 8.21. The van der Waals surface area contributed by atoms with E-state index < -0.39 is 23.8 Å². The molecule has 1 saturated heterocycles. The van der Waals surface area contributed by atoms with Crippen molar-refractivity contribution in [2.24, 2.45) is 10.7 Å².